The third-order valence-electron chi connectivity index (χ3n) is 13.3. The van der Waals surface area contributed by atoms with Crippen LogP contribution in [0.5, 0.6) is 5.75 Å². The summed E-state index contributed by atoms with van der Waals surface area (Å²) in [6.07, 6.45) is -21.1. The second-order valence-electron chi connectivity index (χ2n) is 22.5. The summed E-state index contributed by atoms with van der Waals surface area (Å²) >= 11 is 0. The van der Waals surface area contributed by atoms with Crippen molar-refractivity contribution < 1.29 is 277 Å². The van der Waals surface area contributed by atoms with Gasteiger partial charge < -0.3 is 137 Å². The van der Waals surface area contributed by atoms with Crippen LogP contribution in [-0.2, 0) is 135 Å². The van der Waals surface area contributed by atoms with Gasteiger partial charge in [0.15, 0.2) is 55.5 Å². The predicted octanol–water partition coefficient (Wildman–Crippen LogP) is -15.0. The van der Waals surface area contributed by atoms with Crippen LogP contribution in [-0.4, -0.2) is 318 Å². The molecule has 0 saturated carbocycles. The minimum Gasteiger partial charge on any atom is -0.748 e. The molecule has 0 spiro atoms. The van der Waals surface area contributed by atoms with E-state index in [1.54, 1.807) is 0 Å². The predicted molar refractivity (Wildman–Crippen MR) is 352 cm³/mol. The Morgan fingerprint density at radius 3 is 1.09 bits per heavy atom. The van der Waals surface area contributed by atoms with Gasteiger partial charge in [-0.1, -0.05) is 0 Å². The van der Waals surface area contributed by atoms with Gasteiger partial charge in [0.25, 0.3) is 5.69 Å². The zero-order valence-electron chi connectivity index (χ0n) is 62.8. The van der Waals surface area contributed by atoms with Crippen molar-refractivity contribution in [1.82, 2.24) is 26.6 Å². The molecule has 0 aromatic heterocycles. The van der Waals surface area contributed by atoms with Crippen LogP contribution in [0.15, 0.2) is 24.3 Å². The van der Waals surface area contributed by atoms with E-state index >= 15 is 0 Å². The average molecular weight is 1710 g/mol. The van der Waals surface area contributed by atoms with Gasteiger partial charge in [-0.2, -0.15) is 0 Å². The Morgan fingerprint density at radius 1 is 0.446 bits per heavy atom. The molecule has 11 N–H and O–H groups in total. The van der Waals surface area contributed by atoms with Crippen molar-refractivity contribution >= 4 is 102 Å². The Balaban J connectivity index is -0.00000152. The number of nitro benzene ring substituents is 1. The Bertz CT molecular complexity index is 3470. The van der Waals surface area contributed by atoms with E-state index in [0.29, 0.717) is 0 Å². The first kappa shape index (κ1) is 111. The van der Waals surface area contributed by atoms with Gasteiger partial charge in [0.1, 0.15) is 55.6 Å². The first-order valence-electron chi connectivity index (χ1n) is 32.3. The van der Waals surface area contributed by atoms with Crippen molar-refractivity contribution in [3.8, 4) is 5.75 Å². The number of esters is 8. The van der Waals surface area contributed by atoms with Gasteiger partial charge in [0, 0.05) is 118 Å². The molecule has 54 heteroatoms. The van der Waals surface area contributed by atoms with Crippen LogP contribution in [0.4, 0.5) is 20.1 Å². The molecule has 3 heterocycles. The summed E-state index contributed by atoms with van der Waals surface area (Å²) < 4.78 is 172. The second-order valence-corrected chi connectivity index (χ2v) is 27.1. The molecule has 3 fully saturated rings. The molecule has 1 aromatic carbocycles. The van der Waals surface area contributed by atoms with Gasteiger partial charge in [-0.3, -0.25) is 48.5 Å². The van der Waals surface area contributed by atoms with Crippen LogP contribution < -0.4 is 126 Å². The van der Waals surface area contributed by atoms with E-state index in [0.717, 1.165) is 67.5 Å². The number of carbonyl (C=O) groups is 11. The van der Waals surface area contributed by atoms with Crippen LogP contribution >= 0.6 is 0 Å². The largest absolute Gasteiger partial charge is 1.00 e. The molecule has 0 unspecified atom stereocenters. The third kappa shape index (κ3) is 49.4. The quantitative estimate of drug-likeness (QED) is 0.00567. The summed E-state index contributed by atoms with van der Waals surface area (Å²) in [5.74, 6) is -7.55. The zero-order valence-corrected chi connectivity index (χ0v) is 71.3. The summed E-state index contributed by atoms with van der Waals surface area (Å²) in [5.41, 5.74) is 4.75. The van der Waals surface area contributed by atoms with E-state index in [-0.39, 0.29) is 184 Å². The van der Waals surface area contributed by atoms with Crippen molar-refractivity contribution in [3.63, 3.8) is 0 Å². The molecule has 3 aliphatic heterocycles. The van der Waals surface area contributed by atoms with Crippen molar-refractivity contribution in [2.24, 2.45) is 5.73 Å². The number of ether oxygens (including phenoxy) is 15. The van der Waals surface area contributed by atoms with Crippen LogP contribution in [0.1, 0.15) is 74.7 Å². The molecule has 0 radical (unpaired) electrons. The van der Waals surface area contributed by atoms with Crippen molar-refractivity contribution in [1.29, 1.82) is 0 Å². The SMILES string of the molecule is CC(=O)OC[C@H]1O[C@@H](OCCNC(=O)NCCCS(=O)(=O)[O-])[C@H](OC(C)=O)[C@@H](OC(C)=O)[C@@H]1OC(C)=O.CC(=O)OC[C@H]1O[C@@H](OCCNC(=O)Oc2ccc([N+](=O)[O-])cc2)[C@H](OC(C)=O)[C@@H](OC(C)=O)[C@@H]1OC(C)=O.NCCCS(=O)(=O)[O-].O=C(NCCCS(=O)(=O)[O-])NCCO[C@@H]1O[C@H](CO)[C@@H](O)[C@H](O)[C@H]1O.[Na+].[Na+].[Na+]. The van der Waals surface area contributed by atoms with E-state index in [9.17, 15) is 117 Å². The third-order valence-corrected chi connectivity index (χ3v) is 15.7. The minimum absolute atomic E-state index is 0. The van der Waals surface area contributed by atoms with Crippen LogP contribution in [0, 0.1) is 10.1 Å². The van der Waals surface area contributed by atoms with E-state index in [1.165, 1.54) is 12.1 Å². The maximum absolute atomic E-state index is 12.0. The standard InChI is InChI=1S/C23H28N2O14.C20H32N2O14S.C12H24N2O10S.C3H9NO3S.3Na/c1-12(26)34-11-18-19(35-13(2)27)20(36-14(3)28)21(37-15(4)29)22(39-18)33-10-9-24-23(30)38-17-7-5-16(6-8-17)25(31)32;1-11(23)32-10-15-16(33-12(2)24)17(34-13(3)25)18(35-14(4)26)19(36-15)31-8-7-22-20(27)21-6-5-9-37(28,29)30;15-6-7-8(16)9(17)10(18)11(24-7)23-4-3-14-12(19)13-2-1-5-25(20,21)22;4-2-1-3-8(5,6)7;;;/h5-8,18-22H,9-11H2,1-4H3,(H,24,30);15-19H,5-10H2,1-4H3,(H2,21,22,27)(H,28,29,30);7-11,15-18H,1-6H2,(H2,13,14,19)(H,20,21,22);1-4H2,(H,5,6,7);;;/q;;;;3*+1/p-3/t18-,19-,20+,21-,22-;15-,16-,17+,18-,19-;7-,8-,9+,10-,11-;;;;/m111..../s1. The fraction of sp³-hybridized carbons (Fsp3) is 0.707. The summed E-state index contributed by atoms with van der Waals surface area (Å²) in [5, 5.41) is 60.5. The summed E-state index contributed by atoms with van der Waals surface area (Å²) in [6, 6.07) is 3.53. The monoisotopic (exact) mass is 1710 g/mol. The smallest absolute Gasteiger partial charge is 0.748 e. The molecular formula is C58H90N7Na3O41S3. The topological polar surface area (TPSA) is 708 Å². The molecule has 624 valence electrons. The summed E-state index contributed by atoms with van der Waals surface area (Å²) in [4.78, 5) is 139. The van der Waals surface area contributed by atoms with Crippen molar-refractivity contribution in [2.45, 2.75) is 167 Å². The summed E-state index contributed by atoms with van der Waals surface area (Å²) in [6.45, 7) is 6.79. The van der Waals surface area contributed by atoms with Gasteiger partial charge in [0.05, 0.1) is 61.7 Å². The fourth-order valence-corrected chi connectivity index (χ4v) is 10.4. The number of aliphatic hydroxyl groups is 4. The summed E-state index contributed by atoms with van der Waals surface area (Å²) in [7, 11) is -12.7. The number of nitrogens with two attached hydrogens (primary N) is 1. The first-order chi connectivity index (χ1) is 50.8. The number of hydrogen-bond acceptors (Lipinski definition) is 42. The van der Waals surface area contributed by atoms with Crippen molar-refractivity contribution in [2.75, 3.05) is 96.2 Å². The van der Waals surface area contributed by atoms with Gasteiger partial charge in [0.2, 0.25) is 0 Å². The Labute approximate surface area is 708 Å². The number of amides is 5. The van der Waals surface area contributed by atoms with Gasteiger partial charge in [-0.15, -0.1) is 0 Å². The number of aliphatic hydroxyl groups excluding tert-OH is 4. The number of non-ortho nitro benzene ring substituents is 1. The number of nitro groups is 1. The molecule has 0 bridgehead atoms. The van der Waals surface area contributed by atoms with E-state index in [4.69, 9.17) is 81.9 Å². The molecule has 0 aliphatic carbocycles. The van der Waals surface area contributed by atoms with Crippen LogP contribution in [0.2, 0.25) is 0 Å². The van der Waals surface area contributed by atoms with E-state index in [2.05, 4.69) is 26.6 Å². The van der Waals surface area contributed by atoms with Crippen LogP contribution in [0.3, 0.4) is 0 Å². The molecule has 3 aliphatic rings. The van der Waals surface area contributed by atoms with Gasteiger partial charge >= 0.3 is 155 Å². The fourth-order valence-electron chi connectivity index (χ4n) is 8.92. The normalized spacial score (nSPS) is 22.9. The van der Waals surface area contributed by atoms with Gasteiger partial charge in [-0.05, 0) is 37.9 Å². The zero-order chi connectivity index (χ0) is 82.9. The second kappa shape index (κ2) is 57.5. The van der Waals surface area contributed by atoms with E-state index < -0.39 is 225 Å². The first-order valence-corrected chi connectivity index (χ1v) is 37.0. The number of carbonyl (C=O) groups excluding carboxylic acids is 11. The van der Waals surface area contributed by atoms with Crippen LogP contribution in [0.25, 0.3) is 0 Å². The van der Waals surface area contributed by atoms with Gasteiger partial charge in [-0.25, -0.2) is 39.6 Å². The Hall–Kier alpha value is -5.52. The molecule has 48 nitrogen and oxygen atoms in total. The maximum Gasteiger partial charge on any atom is 1.00 e. The Kier molecular flexibility index (Phi) is 56.8. The molecule has 15 atom stereocenters. The van der Waals surface area contributed by atoms with E-state index in [1.807, 2.05) is 0 Å². The number of benzene rings is 1. The molecule has 3 saturated heterocycles. The maximum atomic E-state index is 12.0. The number of nitrogens with zero attached hydrogens (tertiary/aromatic N) is 1. The molecule has 4 rings (SSSR count). The Morgan fingerprint density at radius 2 is 0.768 bits per heavy atom. The molecule has 112 heavy (non-hydrogen) atoms. The molecule has 1 aromatic rings. The minimum atomic E-state index is -4.38. The number of rotatable bonds is 36. The molecule has 5 amide bonds. The van der Waals surface area contributed by atoms with Crippen molar-refractivity contribution in [3.05, 3.63) is 34.4 Å². The average Bonchev–Trinajstić information content (AvgIpc) is 0.791. The molecular weight excluding hydrogens is 1620 g/mol. The number of nitrogens with one attached hydrogen (secondary N) is 5. The number of urea groups is 2. The number of hydrogen-bond donors (Lipinski definition) is 10.